The molecule has 0 aliphatic heterocycles. The SMILES string of the molecule is CSc1cccc(NCc2ccnc(Cl)c2Cl)c1Cl. The molecular weight excluding hydrogens is 323 g/mol. The van der Waals surface area contributed by atoms with E-state index in [1.807, 2.05) is 30.5 Å². The first-order valence-electron chi connectivity index (χ1n) is 5.48. The molecule has 6 heteroatoms. The molecule has 0 bridgehead atoms. The Hall–Kier alpha value is -0.610. The van der Waals surface area contributed by atoms with Crippen LogP contribution in [0.3, 0.4) is 0 Å². The summed E-state index contributed by atoms with van der Waals surface area (Å²) in [5.41, 5.74) is 1.75. The minimum absolute atomic E-state index is 0.310. The molecule has 0 radical (unpaired) electrons. The van der Waals surface area contributed by atoms with Gasteiger partial charge in [-0.05, 0) is 30.0 Å². The summed E-state index contributed by atoms with van der Waals surface area (Å²) in [6, 6.07) is 7.70. The molecule has 1 aromatic heterocycles. The maximum absolute atomic E-state index is 6.29. The van der Waals surface area contributed by atoms with Gasteiger partial charge in [0.15, 0.2) is 0 Å². The molecule has 0 aliphatic rings. The van der Waals surface area contributed by atoms with Crippen LogP contribution in [0.5, 0.6) is 0 Å². The Kier molecular flexibility index (Phi) is 5.22. The highest BCUT2D eigenvalue weighted by molar-refractivity contribution is 7.98. The summed E-state index contributed by atoms with van der Waals surface area (Å²) in [5, 5.41) is 4.75. The Morgan fingerprint density at radius 1 is 1.16 bits per heavy atom. The van der Waals surface area contributed by atoms with Gasteiger partial charge in [0.25, 0.3) is 0 Å². The van der Waals surface area contributed by atoms with E-state index in [4.69, 9.17) is 34.8 Å². The number of hydrogen-bond acceptors (Lipinski definition) is 3. The topological polar surface area (TPSA) is 24.9 Å². The lowest BCUT2D eigenvalue weighted by Gasteiger charge is -2.11. The third-order valence-corrected chi connectivity index (χ3v) is 4.68. The lowest BCUT2D eigenvalue weighted by molar-refractivity contribution is 1.12. The van der Waals surface area contributed by atoms with Crippen molar-refractivity contribution < 1.29 is 0 Å². The summed E-state index contributed by atoms with van der Waals surface area (Å²) in [5.74, 6) is 0. The van der Waals surface area contributed by atoms with Crippen LogP contribution in [0, 0.1) is 0 Å². The second kappa shape index (κ2) is 6.71. The molecule has 0 unspecified atom stereocenters. The number of anilines is 1. The third-order valence-electron chi connectivity index (χ3n) is 2.58. The second-order valence-electron chi connectivity index (χ2n) is 3.75. The van der Waals surface area contributed by atoms with Crippen molar-refractivity contribution in [1.29, 1.82) is 0 Å². The maximum Gasteiger partial charge on any atom is 0.147 e. The molecule has 0 atom stereocenters. The van der Waals surface area contributed by atoms with Crippen LogP contribution in [0.2, 0.25) is 15.2 Å². The fourth-order valence-corrected chi connectivity index (χ4v) is 2.87. The van der Waals surface area contributed by atoms with Gasteiger partial charge in [-0.3, -0.25) is 0 Å². The zero-order valence-corrected chi connectivity index (χ0v) is 13.2. The zero-order valence-electron chi connectivity index (χ0n) is 10.1. The van der Waals surface area contributed by atoms with Crippen LogP contribution < -0.4 is 5.32 Å². The number of pyridine rings is 1. The molecule has 1 aromatic carbocycles. The number of nitrogens with zero attached hydrogens (tertiary/aromatic N) is 1. The minimum atomic E-state index is 0.310. The summed E-state index contributed by atoms with van der Waals surface area (Å²) >= 11 is 19.9. The number of thioether (sulfide) groups is 1. The standard InChI is InChI=1S/C13H11Cl3N2S/c1-19-10-4-2-3-9(12(10)15)18-7-8-5-6-17-13(16)11(8)14/h2-6,18H,7H2,1H3. The van der Waals surface area contributed by atoms with Gasteiger partial charge < -0.3 is 5.32 Å². The molecule has 0 saturated carbocycles. The predicted octanol–water partition coefficient (Wildman–Crippen LogP) is 5.38. The number of rotatable bonds is 4. The first-order chi connectivity index (χ1) is 9.13. The van der Waals surface area contributed by atoms with Gasteiger partial charge in [0.2, 0.25) is 0 Å². The van der Waals surface area contributed by atoms with Crippen LogP contribution in [0.4, 0.5) is 5.69 Å². The van der Waals surface area contributed by atoms with E-state index in [0.29, 0.717) is 21.7 Å². The molecule has 100 valence electrons. The Labute approximate surface area is 131 Å². The quantitative estimate of drug-likeness (QED) is 0.601. The van der Waals surface area contributed by atoms with Crippen LogP contribution >= 0.6 is 46.6 Å². The summed E-state index contributed by atoms with van der Waals surface area (Å²) in [6.45, 7) is 0.540. The third kappa shape index (κ3) is 3.48. The Bertz CT molecular complexity index is 590. The smallest absolute Gasteiger partial charge is 0.147 e. The van der Waals surface area contributed by atoms with Crippen molar-refractivity contribution in [3.8, 4) is 0 Å². The lowest BCUT2D eigenvalue weighted by atomic mass is 10.2. The summed E-state index contributed by atoms with van der Waals surface area (Å²) in [6.07, 6.45) is 3.62. The fourth-order valence-electron chi connectivity index (χ4n) is 1.59. The van der Waals surface area contributed by atoms with E-state index in [1.165, 1.54) is 0 Å². The van der Waals surface area contributed by atoms with Crippen LogP contribution in [0.15, 0.2) is 35.4 Å². The van der Waals surface area contributed by atoms with Crippen LogP contribution in [-0.2, 0) is 6.54 Å². The first-order valence-corrected chi connectivity index (χ1v) is 7.84. The van der Waals surface area contributed by atoms with Crippen molar-refractivity contribution in [3.63, 3.8) is 0 Å². The van der Waals surface area contributed by atoms with Gasteiger partial charge in [-0.15, -0.1) is 11.8 Å². The highest BCUT2D eigenvalue weighted by Crippen LogP contribution is 2.32. The molecule has 0 aliphatic carbocycles. The van der Waals surface area contributed by atoms with Gasteiger partial charge in [-0.2, -0.15) is 0 Å². The van der Waals surface area contributed by atoms with Crippen molar-refractivity contribution in [2.75, 3.05) is 11.6 Å². The number of halogens is 3. The lowest BCUT2D eigenvalue weighted by Crippen LogP contribution is -2.01. The minimum Gasteiger partial charge on any atom is -0.380 e. The number of aromatic nitrogens is 1. The summed E-state index contributed by atoms with van der Waals surface area (Å²) in [7, 11) is 0. The van der Waals surface area contributed by atoms with E-state index in [9.17, 15) is 0 Å². The van der Waals surface area contributed by atoms with Gasteiger partial charge in [-0.1, -0.05) is 40.9 Å². The Balaban J connectivity index is 2.17. The highest BCUT2D eigenvalue weighted by Gasteiger charge is 2.08. The number of nitrogens with one attached hydrogen (secondary N) is 1. The van der Waals surface area contributed by atoms with Crippen LogP contribution in [0.25, 0.3) is 0 Å². The molecule has 2 nitrogen and oxygen atoms in total. The predicted molar refractivity (Wildman–Crippen MR) is 84.8 cm³/mol. The molecule has 0 fully saturated rings. The van der Waals surface area contributed by atoms with Gasteiger partial charge in [0, 0.05) is 17.6 Å². The molecule has 2 aromatic rings. The van der Waals surface area contributed by atoms with E-state index in [0.717, 1.165) is 16.1 Å². The van der Waals surface area contributed by atoms with E-state index >= 15 is 0 Å². The normalized spacial score (nSPS) is 10.5. The summed E-state index contributed by atoms with van der Waals surface area (Å²) in [4.78, 5) is 4.95. The summed E-state index contributed by atoms with van der Waals surface area (Å²) < 4.78 is 0. The van der Waals surface area contributed by atoms with E-state index in [-0.39, 0.29) is 0 Å². The van der Waals surface area contributed by atoms with E-state index < -0.39 is 0 Å². The second-order valence-corrected chi connectivity index (χ2v) is 5.71. The van der Waals surface area contributed by atoms with Crippen LogP contribution in [-0.4, -0.2) is 11.2 Å². The molecule has 19 heavy (non-hydrogen) atoms. The van der Waals surface area contributed by atoms with Gasteiger partial charge in [0.05, 0.1) is 15.7 Å². The molecular formula is C13H11Cl3N2S. The largest absolute Gasteiger partial charge is 0.380 e. The number of benzene rings is 1. The van der Waals surface area contributed by atoms with E-state index in [2.05, 4.69) is 10.3 Å². The van der Waals surface area contributed by atoms with Gasteiger partial charge in [-0.25, -0.2) is 4.98 Å². The monoisotopic (exact) mass is 332 g/mol. The van der Waals surface area contributed by atoms with Crippen LogP contribution in [0.1, 0.15) is 5.56 Å². The molecule has 0 saturated heterocycles. The Morgan fingerprint density at radius 2 is 1.95 bits per heavy atom. The molecule has 0 amide bonds. The van der Waals surface area contributed by atoms with E-state index in [1.54, 1.807) is 18.0 Å². The first kappa shape index (κ1) is 14.8. The molecule has 2 rings (SSSR count). The Morgan fingerprint density at radius 3 is 2.68 bits per heavy atom. The van der Waals surface area contributed by atoms with Crippen molar-refractivity contribution in [1.82, 2.24) is 4.98 Å². The number of hydrogen-bond donors (Lipinski definition) is 1. The molecule has 0 spiro atoms. The molecule has 1 heterocycles. The zero-order chi connectivity index (χ0) is 13.8. The fraction of sp³-hybridized carbons (Fsp3) is 0.154. The molecule has 1 N–H and O–H groups in total. The van der Waals surface area contributed by atoms with Gasteiger partial charge in [0.1, 0.15) is 5.15 Å². The highest BCUT2D eigenvalue weighted by atomic mass is 35.5. The van der Waals surface area contributed by atoms with Crippen molar-refractivity contribution in [2.24, 2.45) is 0 Å². The van der Waals surface area contributed by atoms with Gasteiger partial charge >= 0.3 is 0 Å². The van der Waals surface area contributed by atoms with Crippen molar-refractivity contribution >= 4 is 52.3 Å². The average Bonchev–Trinajstić information content (AvgIpc) is 2.42. The van der Waals surface area contributed by atoms with Crippen molar-refractivity contribution in [3.05, 3.63) is 51.2 Å². The maximum atomic E-state index is 6.29. The van der Waals surface area contributed by atoms with Crippen molar-refractivity contribution in [2.45, 2.75) is 11.4 Å². The average molecular weight is 334 g/mol.